The van der Waals surface area contributed by atoms with Crippen molar-refractivity contribution in [3.63, 3.8) is 0 Å². The summed E-state index contributed by atoms with van der Waals surface area (Å²) in [7, 11) is 1.46. The number of rotatable bonds is 6. The second-order valence-electron chi connectivity index (χ2n) is 5.90. The maximum Gasteiger partial charge on any atom is 0.339 e. The van der Waals surface area contributed by atoms with E-state index in [-0.39, 0.29) is 17.7 Å². The maximum absolute atomic E-state index is 13.4. The molecule has 1 aromatic carbocycles. The van der Waals surface area contributed by atoms with E-state index in [9.17, 15) is 14.4 Å². The van der Waals surface area contributed by atoms with E-state index < -0.39 is 11.8 Å². The van der Waals surface area contributed by atoms with Gasteiger partial charge in [-0.05, 0) is 43.4 Å². The smallest absolute Gasteiger partial charge is 0.339 e. The van der Waals surface area contributed by atoms with Crippen molar-refractivity contribution >= 4 is 17.7 Å². The Bertz CT molecular complexity index is 891. The first-order valence-corrected chi connectivity index (χ1v) is 9.28. The van der Waals surface area contributed by atoms with Crippen LogP contribution in [0.5, 0.6) is 5.75 Å². The molecule has 0 atom stereocenters. The predicted octanol–water partition coefficient (Wildman–Crippen LogP) is 4.06. The minimum Gasteiger partial charge on any atom is -0.496 e. The number of pyridine rings is 1. The van der Waals surface area contributed by atoms with Gasteiger partial charge in [0.15, 0.2) is 0 Å². The third-order valence-corrected chi connectivity index (χ3v) is 4.81. The molecule has 1 aromatic heterocycles. The topological polar surface area (TPSA) is 72.2 Å². The maximum atomic E-state index is 13.4. The molecule has 0 unspecified atom stereocenters. The Kier molecular flexibility index (Phi) is 5.43. The van der Waals surface area contributed by atoms with Crippen molar-refractivity contribution in [3.8, 4) is 11.8 Å². The molecule has 2 aromatic rings. The number of ether oxygens (including phenoxy) is 2. The summed E-state index contributed by atoms with van der Waals surface area (Å²) in [5.74, 6) is -0.312. The van der Waals surface area contributed by atoms with E-state index in [4.69, 9.17) is 9.47 Å². The van der Waals surface area contributed by atoms with Crippen LogP contribution >= 0.6 is 11.8 Å². The van der Waals surface area contributed by atoms with E-state index in [1.807, 2.05) is 12.3 Å². The average Bonchev–Trinajstić information content (AvgIpc) is 3.50. The quantitative estimate of drug-likeness (QED) is 0.562. The highest BCUT2D eigenvalue weighted by molar-refractivity contribution is 7.98. The molecule has 5 nitrogen and oxygen atoms in total. The summed E-state index contributed by atoms with van der Waals surface area (Å²) in [6, 6.07) is 7.69. The molecule has 0 bridgehead atoms. The van der Waals surface area contributed by atoms with Gasteiger partial charge in [-0.3, -0.25) is 0 Å². The molecule has 7 heteroatoms. The van der Waals surface area contributed by atoms with Gasteiger partial charge in [-0.25, -0.2) is 14.2 Å². The van der Waals surface area contributed by atoms with Crippen LogP contribution in [-0.2, 0) is 11.3 Å². The molecule has 0 radical (unpaired) electrons. The molecule has 26 heavy (non-hydrogen) atoms. The first kappa shape index (κ1) is 18.2. The van der Waals surface area contributed by atoms with Gasteiger partial charge in [0.1, 0.15) is 29.3 Å². The van der Waals surface area contributed by atoms with E-state index in [2.05, 4.69) is 4.98 Å². The largest absolute Gasteiger partial charge is 0.496 e. The molecule has 1 heterocycles. The lowest BCUT2D eigenvalue weighted by Crippen LogP contribution is -2.11. The minimum atomic E-state index is -0.632. The molecular weight excluding hydrogens is 355 g/mol. The van der Waals surface area contributed by atoms with Crippen LogP contribution in [0.25, 0.3) is 0 Å². The van der Waals surface area contributed by atoms with E-state index >= 15 is 0 Å². The average molecular weight is 372 g/mol. The van der Waals surface area contributed by atoms with Crippen LogP contribution in [0.1, 0.15) is 45.9 Å². The van der Waals surface area contributed by atoms with Crippen LogP contribution in [0.4, 0.5) is 4.39 Å². The first-order valence-electron chi connectivity index (χ1n) is 8.06. The summed E-state index contributed by atoms with van der Waals surface area (Å²) in [6.45, 7) is -0.152. The number of hydrogen-bond donors (Lipinski definition) is 0. The van der Waals surface area contributed by atoms with Crippen LogP contribution in [0.15, 0.2) is 29.3 Å². The molecule has 0 amide bonds. The Balaban J connectivity index is 1.87. The highest BCUT2D eigenvalue weighted by Crippen LogP contribution is 2.40. The lowest BCUT2D eigenvalue weighted by Gasteiger charge is -2.12. The monoisotopic (exact) mass is 372 g/mol. The number of aromatic nitrogens is 1. The predicted molar refractivity (Wildman–Crippen MR) is 94.8 cm³/mol. The van der Waals surface area contributed by atoms with Crippen molar-refractivity contribution < 1.29 is 18.7 Å². The van der Waals surface area contributed by atoms with Crippen molar-refractivity contribution in [1.29, 1.82) is 5.26 Å². The van der Waals surface area contributed by atoms with Crippen molar-refractivity contribution in [2.45, 2.75) is 30.4 Å². The first-order chi connectivity index (χ1) is 12.6. The number of benzene rings is 1. The van der Waals surface area contributed by atoms with E-state index in [0.29, 0.717) is 22.3 Å². The summed E-state index contributed by atoms with van der Waals surface area (Å²) in [6.07, 6.45) is 3.87. The van der Waals surface area contributed by atoms with Crippen molar-refractivity contribution in [2.24, 2.45) is 0 Å². The third kappa shape index (κ3) is 3.81. The molecule has 0 spiro atoms. The number of hydrogen-bond acceptors (Lipinski definition) is 6. The van der Waals surface area contributed by atoms with Crippen LogP contribution in [0, 0.1) is 17.1 Å². The normalized spacial score (nSPS) is 13.2. The molecule has 3 rings (SSSR count). The Labute approximate surface area is 155 Å². The fraction of sp³-hybridized carbons (Fsp3) is 0.316. The van der Waals surface area contributed by atoms with Gasteiger partial charge in [0, 0.05) is 17.2 Å². The van der Waals surface area contributed by atoms with Gasteiger partial charge in [0.25, 0.3) is 0 Å². The Morgan fingerprint density at radius 3 is 2.81 bits per heavy atom. The fourth-order valence-corrected chi connectivity index (χ4v) is 3.18. The number of carbonyl (C=O) groups is 1. The summed E-state index contributed by atoms with van der Waals surface area (Å²) in [4.78, 5) is 17.1. The molecular formula is C19H17FN2O3S. The van der Waals surface area contributed by atoms with Crippen molar-refractivity contribution in [1.82, 2.24) is 4.98 Å². The zero-order valence-electron chi connectivity index (χ0n) is 14.4. The van der Waals surface area contributed by atoms with E-state index in [1.54, 1.807) is 6.07 Å². The molecule has 134 valence electrons. The molecule has 1 saturated carbocycles. The third-order valence-electron chi connectivity index (χ3n) is 4.13. The van der Waals surface area contributed by atoms with Gasteiger partial charge in [-0.15, -0.1) is 11.8 Å². The molecule has 1 aliphatic carbocycles. The molecule has 1 fully saturated rings. The van der Waals surface area contributed by atoms with Crippen molar-refractivity contribution in [2.75, 3.05) is 13.4 Å². The van der Waals surface area contributed by atoms with Crippen LogP contribution < -0.4 is 4.74 Å². The van der Waals surface area contributed by atoms with Crippen LogP contribution in [0.2, 0.25) is 0 Å². The van der Waals surface area contributed by atoms with Gasteiger partial charge in [0.2, 0.25) is 0 Å². The van der Waals surface area contributed by atoms with Gasteiger partial charge < -0.3 is 9.47 Å². The van der Waals surface area contributed by atoms with Crippen LogP contribution in [0.3, 0.4) is 0 Å². The Morgan fingerprint density at radius 1 is 1.42 bits per heavy atom. The summed E-state index contributed by atoms with van der Waals surface area (Å²) in [5, 5.41) is 9.97. The zero-order valence-corrected chi connectivity index (χ0v) is 15.2. The highest BCUT2D eigenvalue weighted by Gasteiger charge is 2.29. The Hall–Kier alpha value is -2.59. The SMILES string of the molecule is COc1ccc(F)cc1COC(=O)c1cc(C2CC2)nc(SC)c1C#N. The van der Waals surface area contributed by atoms with E-state index in [0.717, 1.165) is 18.5 Å². The highest BCUT2D eigenvalue weighted by atomic mass is 32.2. The van der Waals surface area contributed by atoms with Gasteiger partial charge in [-0.1, -0.05) is 0 Å². The van der Waals surface area contributed by atoms with Crippen LogP contribution in [-0.4, -0.2) is 24.3 Å². The molecule has 1 aliphatic rings. The number of nitrogens with zero attached hydrogens (tertiary/aromatic N) is 2. The minimum absolute atomic E-state index is 0.152. The Morgan fingerprint density at radius 2 is 2.19 bits per heavy atom. The lowest BCUT2D eigenvalue weighted by atomic mass is 10.1. The van der Waals surface area contributed by atoms with Gasteiger partial charge in [-0.2, -0.15) is 5.26 Å². The van der Waals surface area contributed by atoms with Gasteiger partial charge >= 0.3 is 5.97 Å². The van der Waals surface area contributed by atoms with E-state index in [1.165, 1.54) is 37.1 Å². The second-order valence-corrected chi connectivity index (χ2v) is 6.69. The van der Waals surface area contributed by atoms with Crippen molar-refractivity contribution in [3.05, 3.63) is 52.5 Å². The lowest BCUT2D eigenvalue weighted by molar-refractivity contribution is 0.0468. The molecule has 0 aliphatic heterocycles. The number of carbonyl (C=O) groups excluding carboxylic acids is 1. The molecule has 0 N–H and O–H groups in total. The summed E-state index contributed by atoms with van der Waals surface area (Å²) >= 11 is 1.32. The number of thioether (sulfide) groups is 1. The second kappa shape index (κ2) is 7.75. The number of nitriles is 1. The number of methoxy groups -OCH3 is 1. The van der Waals surface area contributed by atoms with Gasteiger partial charge in [0.05, 0.1) is 18.2 Å². The number of halogens is 1. The number of esters is 1. The summed E-state index contributed by atoms with van der Waals surface area (Å²) in [5.41, 5.74) is 1.63. The summed E-state index contributed by atoms with van der Waals surface area (Å²) < 4.78 is 23.9. The zero-order chi connectivity index (χ0) is 18.7. The molecule has 0 saturated heterocycles. The standard InChI is InChI=1S/C19H17FN2O3S/c1-24-17-6-5-13(20)7-12(17)10-25-19(23)14-8-16(11-3-4-11)22-18(26-2)15(14)9-21/h5-8,11H,3-4,10H2,1-2H3. The fourth-order valence-electron chi connectivity index (χ4n) is 2.63.